The van der Waals surface area contributed by atoms with Crippen molar-refractivity contribution in [3.63, 3.8) is 0 Å². The highest BCUT2D eigenvalue weighted by molar-refractivity contribution is 5.69. The molecule has 0 radical (unpaired) electrons. The molecule has 76 valence electrons. The predicted octanol–water partition coefficient (Wildman–Crippen LogP) is 1.50. The number of carbonyl (C=O) groups excluding carboxylic acids is 1. The molecule has 0 saturated carbocycles. The van der Waals surface area contributed by atoms with Crippen LogP contribution in [-0.4, -0.2) is 17.2 Å². The summed E-state index contributed by atoms with van der Waals surface area (Å²) < 4.78 is 4.94. The normalized spacial score (nSPS) is 12.1. The molecule has 0 amide bonds. The van der Waals surface area contributed by atoms with E-state index in [9.17, 15) is 4.79 Å². The molecule has 0 unspecified atom stereocenters. The maximum Gasteiger partial charge on any atom is 0.308 e. The second-order valence-corrected chi connectivity index (χ2v) is 3.20. The molecule has 1 atom stereocenters. The van der Waals surface area contributed by atoms with Crippen LogP contribution in [0, 0.1) is 0 Å². The number of hydrogen-bond donors (Lipinski definition) is 1. The van der Waals surface area contributed by atoms with Gasteiger partial charge in [-0.3, -0.25) is 4.79 Å². The summed E-state index contributed by atoms with van der Waals surface area (Å²) in [5.74, 6) is -0.371. The summed E-state index contributed by atoms with van der Waals surface area (Å²) in [5, 5.41) is 8.92. The summed E-state index contributed by atoms with van der Waals surface area (Å²) in [6.45, 7) is 1.83. The Kier molecular flexibility index (Phi) is 4.13. The largest absolute Gasteiger partial charge is 0.461 e. The number of esters is 1. The molecule has 3 nitrogen and oxygen atoms in total. The fraction of sp³-hybridized carbons (Fsp3) is 0.364. The maximum atomic E-state index is 11.0. The fourth-order valence-electron chi connectivity index (χ4n) is 1.04. The van der Waals surface area contributed by atoms with E-state index in [4.69, 9.17) is 9.84 Å². The third-order valence-corrected chi connectivity index (χ3v) is 1.70. The first-order valence-corrected chi connectivity index (χ1v) is 4.56. The van der Waals surface area contributed by atoms with Gasteiger partial charge in [0.1, 0.15) is 6.61 Å². The van der Waals surface area contributed by atoms with Crippen LogP contribution in [0.1, 0.15) is 18.9 Å². The molecule has 1 aromatic carbocycles. The Hall–Kier alpha value is -1.35. The van der Waals surface area contributed by atoms with Crippen LogP contribution in [-0.2, 0) is 16.1 Å². The summed E-state index contributed by atoms with van der Waals surface area (Å²) >= 11 is 0. The molecule has 0 aliphatic heterocycles. The molecule has 0 bridgehead atoms. The van der Waals surface area contributed by atoms with Gasteiger partial charge in [0.25, 0.3) is 0 Å². The van der Waals surface area contributed by atoms with Gasteiger partial charge >= 0.3 is 5.97 Å². The van der Waals surface area contributed by atoms with Crippen LogP contribution in [0.3, 0.4) is 0 Å². The topological polar surface area (TPSA) is 46.5 Å². The Morgan fingerprint density at radius 2 is 2.07 bits per heavy atom. The molecule has 0 heterocycles. The number of aliphatic hydroxyl groups excluding tert-OH is 1. The quantitative estimate of drug-likeness (QED) is 0.739. The highest BCUT2D eigenvalue weighted by atomic mass is 16.5. The van der Waals surface area contributed by atoms with E-state index >= 15 is 0 Å². The van der Waals surface area contributed by atoms with Crippen LogP contribution in [0.25, 0.3) is 0 Å². The van der Waals surface area contributed by atoms with Gasteiger partial charge in [0, 0.05) is 0 Å². The summed E-state index contributed by atoms with van der Waals surface area (Å²) in [7, 11) is 0. The Morgan fingerprint density at radius 3 is 2.64 bits per heavy atom. The Labute approximate surface area is 83.3 Å². The van der Waals surface area contributed by atoms with Crippen molar-refractivity contribution in [2.75, 3.05) is 0 Å². The lowest BCUT2D eigenvalue weighted by atomic mass is 10.2. The van der Waals surface area contributed by atoms with E-state index < -0.39 is 6.10 Å². The highest BCUT2D eigenvalue weighted by Gasteiger charge is 2.06. The summed E-state index contributed by atoms with van der Waals surface area (Å²) in [4.78, 5) is 11.0. The van der Waals surface area contributed by atoms with Gasteiger partial charge in [0.15, 0.2) is 0 Å². The summed E-state index contributed by atoms with van der Waals surface area (Å²) in [6, 6.07) is 9.45. The third-order valence-electron chi connectivity index (χ3n) is 1.70. The number of carbonyl (C=O) groups is 1. The SMILES string of the molecule is C[C@H](O)CC(=O)OCc1ccccc1. The molecule has 0 aromatic heterocycles. The average Bonchev–Trinajstić information content (AvgIpc) is 2.15. The minimum atomic E-state index is -0.640. The van der Waals surface area contributed by atoms with Crippen molar-refractivity contribution in [2.24, 2.45) is 0 Å². The number of aliphatic hydroxyl groups is 1. The first kappa shape index (κ1) is 10.7. The van der Waals surface area contributed by atoms with Crippen molar-refractivity contribution >= 4 is 5.97 Å². The van der Waals surface area contributed by atoms with Crippen molar-refractivity contribution < 1.29 is 14.6 Å². The van der Waals surface area contributed by atoms with Gasteiger partial charge in [-0.15, -0.1) is 0 Å². The summed E-state index contributed by atoms with van der Waals surface area (Å²) in [6.07, 6.45) is -0.592. The van der Waals surface area contributed by atoms with Gasteiger partial charge in [-0.25, -0.2) is 0 Å². The molecular formula is C11H14O3. The van der Waals surface area contributed by atoms with Gasteiger partial charge < -0.3 is 9.84 Å². The highest BCUT2D eigenvalue weighted by Crippen LogP contribution is 2.02. The zero-order valence-corrected chi connectivity index (χ0v) is 8.14. The molecular weight excluding hydrogens is 180 g/mol. The molecule has 0 aliphatic rings. The molecule has 0 spiro atoms. The molecule has 1 rings (SSSR count). The third kappa shape index (κ3) is 4.05. The molecule has 0 aliphatic carbocycles. The van der Waals surface area contributed by atoms with Gasteiger partial charge in [0.2, 0.25) is 0 Å². The van der Waals surface area contributed by atoms with Crippen LogP contribution in [0.4, 0.5) is 0 Å². The molecule has 1 N–H and O–H groups in total. The number of benzene rings is 1. The minimum absolute atomic E-state index is 0.0484. The maximum absolute atomic E-state index is 11.0. The van der Waals surface area contributed by atoms with Crippen LogP contribution < -0.4 is 0 Å². The van der Waals surface area contributed by atoms with Crippen LogP contribution in [0.5, 0.6) is 0 Å². The van der Waals surface area contributed by atoms with Gasteiger partial charge in [-0.05, 0) is 12.5 Å². The standard InChI is InChI=1S/C11H14O3/c1-9(12)7-11(13)14-8-10-5-3-2-4-6-10/h2-6,9,12H,7-8H2,1H3/t9-/m0/s1. The first-order valence-electron chi connectivity index (χ1n) is 4.56. The van der Waals surface area contributed by atoms with E-state index in [1.54, 1.807) is 6.92 Å². The number of hydrogen-bond acceptors (Lipinski definition) is 3. The number of rotatable bonds is 4. The predicted molar refractivity (Wildman–Crippen MR) is 52.5 cm³/mol. The molecule has 0 saturated heterocycles. The molecule has 14 heavy (non-hydrogen) atoms. The molecule has 0 fully saturated rings. The molecule has 3 heteroatoms. The second-order valence-electron chi connectivity index (χ2n) is 3.20. The van der Waals surface area contributed by atoms with E-state index in [1.165, 1.54) is 0 Å². The first-order chi connectivity index (χ1) is 6.68. The van der Waals surface area contributed by atoms with Crippen molar-refractivity contribution in [2.45, 2.75) is 26.1 Å². The van der Waals surface area contributed by atoms with Crippen molar-refractivity contribution in [3.05, 3.63) is 35.9 Å². The van der Waals surface area contributed by atoms with Gasteiger partial charge in [0.05, 0.1) is 12.5 Å². The van der Waals surface area contributed by atoms with E-state index in [-0.39, 0.29) is 19.0 Å². The van der Waals surface area contributed by atoms with Gasteiger partial charge in [-0.2, -0.15) is 0 Å². The lowest BCUT2D eigenvalue weighted by Crippen LogP contribution is -2.12. The van der Waals surface area contributed by atoms with Gasteiger partial charge in [-0.1, -0.05) is 30.3 Å². The van der Waals surface area contributed by atoms with E-state index in [0.29, 0.717) is 0 Å². The minimum Gasteiger partial charge on any atom is -0.461 e. The number of ether oxygens (including phenoxy) is 1. The van der Waals surface area contributed by atoms with E-state index in [1.807, 2.05) is 30.3 Å². The Balaban J connectivity index is 2.31. The smallest absolute Gasteiger partial charge is 0.308 e. The summed E-state index contributed by atoms with van der Waals surface area (Å²) in [5.41, 5.74) is 0.950. The van der Waals surface area contributed by atoms with Crippen molar-refractivity contribution in [1.29, 1.82) is 0 Å². The lowest BCUT2D eigenvalue weighted by Gasteiger charge is -2.05. The average molecular weight is 194 g/mol. The van der Waals surface area contributed by atoms with Crippen LogP contribution in [0.15, 0.2) is 30.3 Å². The molecule has 1 aromatic rings. The van der Waals surface area contributed by atoms with Crippen LogP contribution in [0.2, 0.25) is 0 Å². The Bertz CT molecular complexity index is 280. The van der Waals surface area contributed by atoms with Crippen LogP contribution >= 0.6 is 0 Å². The zero-order valence-electron chi connectivity index (χ0n) is 8.14. The monoisotopic (exact) mass is 194 g/mol. The lowest BCUT2D eigenvalue weighted by molar-refractivity contribution is -0.146. The van der Waals surface area contributed by atoms with Crippen molar-refractivity contribution in [1.82, 2.24) is 0 Å². The van der Waals surface area contributed by atoms with E-state index in [2.05, 4.69) is 0 Å². The van der Waals surface area contributed by atoms with Crippen molar-refractivity contribution in [3.8, 4) is 0 Å². The van der Waals surface area contributed by atoms with E-state index in [0.717, 1.165) is 5.56 Å². The zero-order chi connectivity index (χ0) is 10.4. The Morgan fingerprint density at radius 1 is 1.43 bits per heavy atom. The second kappa shape index (κ2) is 5.40. The fourth-order valence-corrected chi connectivity index (χ4v) is 1.04.